The zero-order valence-electron chi connectivity index (χ0n) is 8.54. The largest absolute Gasteiger partial charge is 0.508 e. The Hall–Kier alpha value is -2.29. The topological polar surface area (TPSA) is 37.5 Å². The summed E-state index contributed by atoms with van der Waals surface area (Å²) in [5.41, 5.74) is 2.97. The third kappa shape index (κ3) is 1.42. The van der Waals surface area contributed by atoms with Crippen molar-refractivity contribution in [2.75, 3.05) is 0 Å². The van der Waals surface area contributed by atoms with Crippen molar-refractivity contribution < 1.29 is 5.11 Å². The fourth-order valence-corrected chi connectivity index (χ4v) is 1.78. The molecule has 0 bridgehead atoms. The van der Waals surface area contributed by atoms with Crippen molar-refractivity contribution in [3.63, 3.8) is 0 Å². The molecule has 0 radical (unpaired) electrons. The van der Waals surface area contributed by atoms with E-state index in [0.29, 0.717) is 0 Å². The first-order valence-electron chi connectivity index (χ1n) is 5.05. The predicted molar refractivity (Wildman–Crippen MR) is 62.3 cm³/mol. The minimum atomic E-state index is 0.281. The van der Waals surface area contributed by atoms with Crippen LogP contribution in [0.2, 0.25) is 0 Å². The van der Waals surface area contributed by atoms with Gasteiger partial charge in [-0.05, 0) is 35.4 Å². The lowest BCUT2D eigenvalue weighted by Gasteiger charge is -2.03. The fourth-order valence-electron chi connectivity index (χ4n) is 1.78. The van der Waals surface area contributed by atoms with Crippen molar-refractivity contribution >= 4 is 5.65 Å². The van der Waals surface area contributed by atoms with Crippen molar-refractivity contribution in [3.05, 3.63) is 55.0 Å². The third-order valence-corrected chi connectivity index (χ3v) is 2.57. The highest BCUT2D eigenvalue weighted by Crippen LogP contribution is 2.23. The van der Waals surface area contributed by atoms with Crippen LogP contribution in [0.25, 0.3) is 16.8 Å². The van der Waals surface area contributed by atoms with Crippen molar-refractivity contribution in [2.45, 2.75) is 0 Å². The second-order valence-corrected chi connectivity index (χ2v) is 3.66. The molecule has 0 aliphatic carbocycles. The standard InChI is InChI=1S/C13H10N2O/c16-12-3-1-2-10(8-12)11-4-5-13-14-6-7-15(13)9-11/h1-9,16H. The van der Waals surface area contributed by atoms with Crippen molar-refractivity contribution in [2.24, 2.45) is 0 Å². The highest BCUT2D eigenvalue weighted by atomic mass is 16.3. The maximum atomic E-state index is 9.43. The molecule has 1 N–H and O–H groups in total. The molecule has 0 fully saturated rings. The number of aromatic hydroxyl groups is 1. The number of phenolic OH excluding ortho intramolecular Hbond substituents is 1. The van der Waals surface area contributed by atoms with Crippen LogP contribution in [0.1, 0.15) is 0 Å². The minimum Gasteiger partial charge on any atom is -0.508 e. The average Bonchev–Trinajstić information content (AvgIpc) is 2.75. The van der Waals surface area contributed by atoms with Crippen LogP contribution in [0.5, 0.6) is 5.75 Å². The van der Waals surface area contributed by atoms with E-state index >= 15 is 0 Å². The molecule has 16 heavy (non-hydrogen) atoms. The van der Waals surface area contributed by atoms with Gasteiger partial charge in [0.05, 0.1) is 0 Å². The highest BCUT2D eigenvalue weighted by Gasteiger charge is 2.00. The molecule has 0 amide bonds. The van der Waals surface area contributed by atoms with E-state index in [1.165, 1.54) is 0 Å². The van der Waals surface area contributed by atoms with Gasteiger partial charge in [0.2, 0.25) is 0 Å². The number of rotatable bonds is 1. The number of aromatic nitrogens is 2. The van der Waals surface area contributed by atoms with Crippen molar-refractivity contribution in [1.82, 2.24) is 9.38 Å². The average molecular weight is 210 g/mol. The van der Waals surface area contributed by atoms with Gasteiger partial charge in [-0.3, -0.25) is 0 Å². The number of phenols is 1. The molecule has 78 valence electrons. The normalized spacial score (nSPS) is 10.8. The van der Waals surface area contributed by atoms with Gasteiger partial charge in [-0.25, -0.2) is 4.98 Å². The van der Waals surface area contributed by atoms with Crippen LogP contribution < -0.4 is 0 Å². The second-order valence-electron chi connectivity index (χ2n) is 3.66. The number of hydrogen-bond acceptors (Lipinski definition) is 2. The molecule has 0 unspecified atom stereocenters. The predicted octanol–water partition coefficient (Wildman–Crippen LogP) is 2.71. The number of pyridine rings is 1. The second kappa shape index (κ2) is 3.38. The first-order valence-corrected chi connectivity index (χ1v) is 5.05. The summed E-state index contributed by atoms with van der Waals surface area (Å²) in [4.78, 5) is 4.18. The molecule has 0 atom stereocenters. The molecule has 0 aliphatic rings. The van der Waals surface area contributed by atoms with Crippen LogP contribution in [0.4, 0.5) is 0 Å². The number of nitrogens with zero attached hydrogens (tertiary/aromatic N) is 2. The monoisotopic (exact) mass is 210 g/mol. The van der Waals surface area contributed by atoms with Gasteiger partial charge >= 0.3 is 0 Å². The summed E-state index contributed by atoms with van der Waals surface area (Å²) in [6, 6.07) is 11.2. The first-order chi connectivity index (χ1) is 7.83. The van der Waals surface area contributed by atoms with Crippen LogP contribution >= 0.6 is 0 Å². The lowest BCUT2D eigenvalue weighted by Crippen LogP contribution is -1.85. The molecule has 1 aromatic carbocycles. The molecule has 0 aliphatic heterocycles. The van der Waals surface area contributed by atoms with Crippen molar-refractivity contribution in [1.29, 1.82) is 0 Å². The van der Waals surface area contributed by atoms with Gasteiger partial charge in [0.25, 0.3) is 0 Å². The number of fused-ring (bicyclic) bond motifs is 1. The smallest absolute Gasteiger partial charge is 0.136 e. The van der Waals surface area contributed by atoms with E-state index in [1.54, 1.807) is 18.3 Å². The lowest BCUT2D eigenvalue weighted by molar-refractivity contribution is 0.475. The maximum Gasteiger partial charge on any atom is 0.136 e. The van der Waals surface area contributed by atoms with Crippen LogP contribution in [0.15, 0.2) is 55.0 Å². The number of imidazole rings is 1. The summed E-state index contributed by atoms with van der Waals surface area (Å²) >= 11 is 0. The van der Waals surface area contributed by atoms with Crippen molar-refractivity contribution in [3.8, 4) is 16.9 Å². The molecule has 3 rings (SSSR count). The van der Waals surface area contributed by atoms with Gasteiger partial charge in [0.1, 0.15) is 11.4 Å². The Balaban J connectivity index is 2.18. The Morgan fingerprint density at radius 1 is 1.06 bits per heavy atom. The molecule has 2 aromatic heterocycles. The first kappa shape index (κ1) is 8.97. The summed E-state index contributed by atoms with van der Waals surface area (Å²) < 4.78 is 1.96. The molecular weight excluding hydrogens is 200 g/mol. The fraction of sp³-hybridized carbons (Fsp3) is 0. The Morgan fingerprint density at radius 3 is 2.88 bits per heavy atom. The highest BCUT2D eigenvalue weighted by molar-refractivity contribution is 5.65. The summed E-state index contributed by atoms with van der Waals surface area (Å²) in [6.45, 7) is 0. The van der Waals surface area contributed by atoms with Crippen LogP contribution in [0.3, 0.4) is 0 Å². The van der Waals surface area contributed by atoms with Crippen LogP contribution in [-0.4, -0.2) is 14.5 Å². The van der Waals surface area contributed by atoms with Gasteiger partial charge in [-0.15, -0.1) is 0 Å². The Labute approximate surface area is 92.6 Å². The number of benzene rings is 1. The Bertz CT molecular complexity index is 643. The third-order valence-electron chi connectivity index (χ3n) is 2.57. The Morgan fingerprint density at radius 2 is 2.00 bits per heavy atom. The summed E-state index contributed by atoms with van der Waals surface area (Å²) in [7, 11) is 0. The van der Waals surface area contributed by atoms with E-state index in [2.05, 4.69) is 4.98 Å². The van der Waals surface area contributed by atoms with E-state index < -0.39 is 0 Å². The molecule has 2 heterocycles. The van der Waals surface area contributed by atoms with E-state index in [4.69, 9.17) is 0 Å². The van der Waals surface area contributed by atoms with Gasteiger partial charge in [-0.2, -0.15) is 0 Å². The quantitative estimate of drug-likeness (QED) is 0.670. The van der Waals surface area contributed by atoms with E-state index in [9.17, 15) is 5.11 Å². The van der Waals surface area contributed by atoms with Gasteiger partial charge < -0.3 is 9.51 Å². The minimum absolute atomic E-state index is 0.281. The van der Waals surface area contributed by atoms with E-state index in [-0.39, 0.29) is 5.75 Å². The molecule has 0 saturated carbocycles. The molecule has 3 nitrogen and oxygen atoms in total. The SMILES string of the molecule is Oc1cccc(-c2ccc3nccn3c2)c1. The summed E-state index contributed by atoms with van der Waals surface area (Å²) in [6.07, 6.45) is 5.67. The van der Waals surface area contributed by atoms with Gasteiger partial charge in [-0.1, -0.05) is 12.1 Å². The zero-order valence-corrected chi connectivity index (χ0v) is 8.54. The van der Waals surface area contributed by atoms with Crippen LogP contribution in [0, 0.1) is 0 Å². The van der Waals surface area contributed by atoms with E-state index in [0.717, 1.165) is 16.8 Å². The van der Waals surface area contributed by atoms with Crippen LogP contribution in [-0.2, 0) is 0 Å². The lowest BCUT2D eigenvalue weighted by atomic mass is 10.1. The Kier molecular flexibility index (Phi) is 1.90. The van der Waals surface area contributed by atoms with E-state index in [1.807, 2.05) is 41.1 Å². The molecular formula is C13H10N2O. The summed E-state index contributed by atoms with van der Waals surface area (Å²) in [5.74, 6) is 0.281. The molecule has 3 aromatic rings. The zero-order chi connectivity index (χ0) is 11.0. The van der Waals surface area contributed by atoms with Gasteiger partial charge in [0, 0.05) is 18.6 Å². The molecule has 0 spiro atoms. The summed E-state index contributed by atoms with van der Waals surface area (Å²) in [5, 5.41) is 9.43. The maximum absolute atomic E-state index is 9.43. The molecule has 3 heteroatoms. The molecule has 0 saturated heterocycles. The number of hydrogen-bond donors (Lipinski definition) is 1. The van der Waals surface area contributed by atoms with Gasteiger partial charge in [0.15, 0.2) is 0 Å².